The van der Waals surface area contributed by atoms with Crippen LogP contribution in [0.2, 0.25) is 0 Å². The van der Waals surface area contributed by atoms with E-state index in [1.807, 2.05) is 36.4 Å². The smallest absolute Gasteiger partial charge is 0.296 e. The normalized spacial score (nSPS) is 12.1. The SMILES string of the molecule is Nc1c(S(=O)(=O)O)cc(N=Nc2ccc(-c3ccc(NNc4cc(S(=O)(=O)O)c(N)c5ccccc45)cc3)cc2)c2ccccc12. The summed E-state index contributed by atoms with van der Waals surface area (Å²) in [5.74, 6) is 0. The fourth-order valence-electron chi connectivity index (χ4n) is 5.06. The van der Waals surface area contributed by atoms with E-state index in [-0.39, 0.29) is 17.1 Å². The minimum atomic E-state index is -4.58. The van der Waals surface area contributed by atoms with Gasteiger partial charge in [-0.1, -0.05) is 72.8 Å². The first-order valence-corrected chi connectivity index (χ1v) is 16.5. The molecule has 0 aliphatic rings. The number of hydrazine groups is 1. The zero-order valence-corrected chi connectivity index (χ0v) is 25.4. The topological polar surface area (TPSA) is 210 Å². The molecule has 232 valence electrons. The summed E-state index contributed by atoms with van der Waals surface area (Å²) in [4.78, 5) is -0.827. The highest BCUT2D eigenvalue weighted by Gasteiger charge is 2.20. The number of rotatable bonds is 8. The molecule has 0 fully saturated rings. The Hall–Kier alpha value is -5.54. The number of nitrogen functional groups attached to an aromatic ring is 2. The first kappa shape index (κ1) is 30.5. The van der Waals surface area contributed by atoms with Crippen LogP contribution in [-0.4, -0.2) is 25.9 Å². The molecule has 0 heterocycles. The summed E-state index contributed by atoms with van der Waals surface area (Å²) in [5.41, 5.74) is 21.6. The summed E-state index contributed by atoms with van der Waals surface area (Å²) in [6.45, 7) is 0. The van der Waals surface area contributed by atoms with Gasteiger partial charge >= 0.3 is 0 Å². The van der Waals surface area contributed by atoms with Crippen LogP contribution in [-0.2, 0) is 20.2 Å². The molecular formula is C32H26N6O6S2. The van der Waals surface area contributed by atoms with E-state index in [4.69, 9.17) is 11.5 Å². The number of nitrogens with zero attached hydrogens (tertiary/aromatic N) is 2. The molecule has 0 saturated heterocycles. The van der Waals surface area contributed by atoms with E-state index in [1.165, 1.54) is 12.1 Å². The van der Waals surface area contributed by atoms with Crippen molar-refractivity contribution < 1.29 is 25.9 Å². The summed E-state index contributed by atoms with van der Waals surface area (Å²) in [6.07, 6.45) is 0. The minimum absolute atomic E-state index is 0.0365. The van der Waals surface area contributed by atoms with Crippen molar-refractivity contribution in [1.29, 1.82) is 0 Å². The Morgan fingerprint density at radius 2 is 1.02 bits per heavy atom. The quantitative estimate of drug-likeness (QED) is 0.0421. The van der Waals surface area contributed by atoms with Gasteiger partial charge in [0, 0.05) is 21.5 Å². The number of hydrogen-bond acceptors (Lipinski definition) is 10. The van der Waals surface area contributed by atoms with Gasteiger partial charge in [0.15, 0.2) is 0 Å². The van der Waals surface area contributed by atoms with Crippen molar-refractivity contribution in [2.45, 2.75) is 9.79 Å². The van der Waals surface area contributed by atoms with Gasteiger partial charge in [0.1, 0.15) is 9.79 Å². The van der Waals surface area contributed by atoms with Gasteiger partial charge in [-0.2, -0.15) is 21.9 Å². The van der Waals surface area contributed by atoms with Gasteiger partial charge in [-0.05, 0) is 47.5 Å². The van der Waals surface area contributed by atoms with E-state index in [9.17, 15) is 25.9 Å². The standard InChI is InChI=1S/C32H26N6O6S2/c33-31-25-7-3-1-5-23(25)27(17-29(31)45(39,40)41)37-35-21-13-9-19(10-14-21)20-11-15-22(16-12-20)36-38-28-18-30(46(42,43)44)32(34)26-8-4-2-6-24(26)28/h1-18,35,37H,33-34H2,(H,39,40,41)(H,42,43,44). The lowest BCUT2D eigenvalue weighted by Crippen LogP contribution is -2.11. The number of fused-ring (bicyclic) bond motifs is 2. The molecular weight excluding hydrogens is 629 g/mol. The van der Waals surface area contributed by atoms with Gasteiger partial charge < -0.3 is 22.3 Å². The first-order chi connectivity index (χ1) is 21.9. The predicted molar refractivity (Wildman–Crippen MR) is 180 cm³/mol. The molecule has 0 aliphatic carbocycles. The zero-order chi connectivity index (χ0) is 32.6. The largest absolute Gasteiger partial charge is 0.397 e. The van der Waals surface area contributed by atoms with Gasteiger partial charge in [-0.15, -0.1) is 5.11 Å². The van der Waals surface area contributed by atoms with E-state index >= 15 is 0 Å². The highest BCUT2D eigenvalue weighted by Crippen LogP contribution is 2.37. The fraction of sp³-hybridized carbons (Fsp3) is 0. The molecule has 14 heteroatoms. The molecule has 0 aromatic heterocycles. The Balaban J connectivity index is 1.20. The lowest BCUT2D eigenvalue weighted by molar-refractivity contribution is 0.481. The number of hydrogen-bond donors (Lipinski definition) is 6. The molecule has 0 atom stereocenters. The molecule has 0 bridgehead atoms. The van der Waals surface area contributed by atoms with Crippen LogP contribution in [0, 0.1) is 0 Å². The molecule has 0 saturated carbocycles. The second-order valence-electron chi connectivity index (χ2n) is 10.3. The van der Waals surface area contributed by atoms with Crippen LogP contribution in [0.25, 0.3) is 32.7 Å². The third kappa shape index (κ3) is 6.05. The van der Waals surface area contributed by atoms with Crippen LogP contribution < -0.4 is 22.3 Å². The maximum atomic E-state index is 11.9. The average Bonchev–Trinajstić information content (AvgIpc) is 3.04. The third-order valence-corrected chi connectivity index (χ3v) is 9.12. The van der Waals surface area contributed by atoms with Crippen LogP contribution in [0.15, 0.2) is 129 Å². The first-order valence-electron chi connectivity index (χ1n) is 13.6. The predicted octanol–water partition coefficient (Wildman–Crippen LogP) is 7.17. The van der Waals surface area contributed by atoms with Crippen molar-refractivity contribution in [2.24, 2.45) is 10.2 Å². The van der Waals surface area contributed by atoms with Crippen molar-refractivity contribution >= 4 is 75.9 Å². The van der Waals surface area contributed by atoms with E-state index in [1.54, 1.807) is 60.7 Å². The lowest BCUT2D eigenvalue weighted by atomic mass is 10.1. The van der Waals surface area contributed by atoms with Gasteiger partial charge in [0.2, 0.25) is 0 Å². The Labute approximate surface area is 263 Å². The molecule has 8 N–H and O–H groups in total. The van der Waals surface area contributed by atoms with Crippen LogP contribution in [0.1, 0.15) is 0 Å². The summed E-state index contributed by atoms with van der Waals surface area (Å²) in [7, 11) is -9.12. The summed E-state index contributed by atoms with van der Waals surface area (Å²) in [6, 6.07) is 31.0. The highest BCUT2D eigenvalue weighted by atomic mass is 32.2. The number of benzene rings is 6. The zero-order valence-electron chi connectivity index (χ0n) is 23.8. The lowest BCUT2D eigenvalue weighted by Gasteiger charge is -2.16. The Morgan fingerprint density at radius 1 is 0.543 bits per heavy atom. The number of anilines is 4. The molecule has 6 aromatic rings. The molecule has 0 spiro atoms. The Kier molecular flexibility index (Phi) is 7.79. The maximum absolute atomic E-state index is 11.9. The molecule has 6 rings (SSSR count). The Bertz CT molecular complexity index is 2380. The number of azo groups is 1. The van der Waals surface area contributed by atoms with Gasteiger partial charge in [0.25, 0.3) is 20.2 Å². The van der Waals surface area contributed by atoms with Crippen molar-refractivity contribution in [2.75, 3.05) is 22.3 Å². The second kappa shape index (κ2) is 11.8. The molecule has 6 aromatic carbocycles. The molecule has 0 unspecified atom stereocenters. The monoisotopic (exact) mass is 654 g/mol. The molecule has 46 heavy (non-hydrogen) atoms. The second-order valence-corrected chi connectivity index (χ2v) is 13.0. The molecule has 0 radical (unpaired) electrons. The third-order valence-electron chi connectivity index (χ3n) is 7.33. The van der Waals surface area contributed by atoms with Gasteiger partial charge in [0.05, 0.1) is 34.1 Å². The molecule has 0 aliphatic heterocycles. The van der Waals surface area contributed by atoms with Crippen LogP contribution >= 0.6 is 0 Å². The summed E-state index contributed by atoms with van der Waals surface area (Å²) in [5, 5.41) is 10.7. The fourth-order valence-corrected chi connectivity index (χ4v) is 6.36. The minimum Gasteiger partial charge on any atom is -0.397 e. The number of nitrogens with one attached hydrogen (secondary N) is 2. The molecule has 12 nitrogen and oxygen atoms in total. The van der Waals surface area contributed by atoms with Crippen LogP contribution in [0.4, 0.5) is 34.1 Å². The summed E-state index contributed by atoms with van der Waals surface area (Å²) < 4.78 is 66.9. The van der Waals surface area contributed by atoms with Gasteiger partial charge in [-0.3, -0.25) is 9.11 Å². The van der Waals surface area contributed by atoms with Gasteiger partial charge in [-0.25, -0.2) is 0 Å². The summed E-state index contributed by atoms with van der Waals surface area (Å²) >= 11 is 0. The van der Waals surface area contributed by atoms with Crippen molar-refractivity contribution in [1.82, 2.24) is 0 Å². The van der Waals surface area contributed by atoms with E-state index in [2.05, 4.69) is 21.1 Å². The maximum Gasteiger partial charge on any atom is 0.296 e. The van der Waals surface area contributed by atoms with Crippen molar-refractivity contribution in [3.05, 3.63) is 109 Å². The van der Waals surface area contributed by atoms with Crippen LogP contribution in [0.3, 0.4) is 0 Å². The Morgan fingerprint density at radius 3 is 1.59 bits per heavy atom. The highest BCUT2D eigenvalue weighted by molar-refractivity contribution is 7.86. The van der Waals surface area contributed by atoms with E-state index in [0.29, 0.717) is 38.6 Å². The van der Waals surface area contributed by atoms with Crippen molar-refractivity contribution in [3.8, 4) is 11.1 Å². The van der Waals surface area contributed by atoms with Crippen LogP contribution in [0.5, 0.6) is 0 Å². The van der Waals surface area contributed by atoms with E-state index < -0.39 is 30.0 Å². The van der Waals surface area contributed by atoms with E-state index in [0.717, 1.165) is 11.1 Å². The number of nitrogens with two attached hydrogens (primary N) is 2. The average molecular weight is 655 g/mol. The van der Waals surface area contributed by atoms with Crippen molar-refractivity contribution in [3.63, 3.8) is 0 Å². The molecule has 0 amide bonds.